The van der Waals surface area contributed by atoms with E-state index in [9.17, 15) is 4.79 Å². The minimum Gasteiger partial charge on any atom is -0.505 e. The van der Waals surface area contributed by atoms with Crippen LogP contribution >= 0.6 is 0 Å². The van der Waals surface area contributed by atoms with Crippen molar-refractivity contribution in [2.24, 2.45) is 0 Å². The lowest BCUT2D eigenvalue weighted by Gasteiger charge is -1.98. The van der Waals surface area contributed by atoms with Crippen LogP contribution in [0.3, 0.4) is 0 Å². The number of nitrogens with one attached hydrogen (secondary N) is 1. The van der Waals surface area contributed by atoms with Gasteiger partial charge in [-0.05, 0) is 6.07 Å². The maximum Gasteiger partial charge on any atom is 0.268 e. The molecular weight excluding hydrogens is 158 g/mol. The summed E-state index contributed by atoms with van der Waals surface area (Å²) in [4.78, 5) is 14.5. The van der Waals surface area contributed by atoms with Crippen molar-refractivity contribution in [1.82, 2.24) is 10.3 Å². The van der Waals surface area contributed by atoms with E-state index in [2.05, 4.69) is 4.98 Å². The molecule has 0 unspecified atom stereocenters. The third-order valence-corrected chi connectivity index (χ3v) is 1.21. The number of pyridine rings is 1. The maximum atomic E-state index is 10.9. The molecule has 0 aromatic carbocycles. The third-order valence-electron chi connectivity index (χ3n) is 1.21. The fraction of sp³-hybridized carbons (Fsp3) is 0. The molecule has 1 aromatic rings. The molecule has 0 radical (unpaired) electrons. The van der Waals surface area contributed by atoms with Gasteiger partial charge in [0.1, 0.15) is 5.75 Å². The number of aromatic nitrogens is 1. The zero-order valence-electron chi connectivity index (χ0n) is 5.98. The van der Waals surface area contributed by atoms with Crippen LogP contribution in [0.4, 0.5) is 0 Å². The Bertz CT molecular complexity index is 343. The summed E-state index contributed by atoms with van der Waals surface area (Å²) >= 11 is 0. The minimum absolute atomic E-state index is 0.0338. The lowest BCUT2D eigenvalue weighted by Crippen LogP contribution is -2.17. The summed E-state index contributed by atoms with van der Waals surface area (Å²) in [6.07, 6.45) is 3.95. The first kappa shape index (κ1) is 8.01. The van der Waals surface area contributed by atoms with Gasteiger partial charge in [0.25, 0.3) is 5.91 Å². The largest absolute Gasteiger partial charge is 0.505 e. The summed E-state index contributed by atoms with van der Waals surface area (Å²) in [5.41, 5.74) is 0.0338. The number of amides is 1. The molecule has 0 fully saturated rings. The highest BCUT2D eigenvalue weighted by atomic mass is 16.3. The van der Waals surface area contributed by atoms with Gasteiger partial charge >= 0.3 is 0 Å². The van der Waals surface area contributed by atoms with Gasteiger partial charge in [0.05, 0.1) is 11.8 Å². The Labute approximate surface area is 68.3 Å². The van der Waals surface area contributed by atoms with Crippen LogP contribution in [0.5, 0.6) is 5.75 Å². The quantitative estimate of drug-likeness (QED) is 0.450. The van der Waals surface area contributed by atoms with Crippen LogP contribution in [0.15, 0.2) is 18.5 Å². The van der Waals surface area contributed by atoms with Crippen LogP contribution < -0.4 is 5.32 Å². The molecule has 0 spiro atoms. The van der Waals surface area contributed by atoms with Crippen LogP contribution in [0.25, 0.3) is 0 Å². The van der Waals surface area contributed by atoms with E-state index in [1.54, 1.807) is 0 Å². The number of nitrogens with zero attached hydrogens (tertiary/aromatic N) is 2. The van der Waals surface area contributed by atoms with Gasteiger partial charge in [-0.1, -0.05) is 0 Å². The van der Waals surface area contributed by atoms with Gasteiger partial charge < -0.3 is 5.11 Å². The second-order valence-corrected chi connectivity index (χ2v) is 1.96. The van der Waals surface area contributed by atoms with Gasteiger partial charge in [-0.25, -0.2) is 0 Å². The van der Waals surface area contributed by atoms with E-state index in [1.165, 1.54) is 18.5 Å². The van der Waals surface area contributed by atoms with E-state index in [1.807, 2.05) is 5.32 Å². The molecule has 12 heavy (non-hydrogen) atoms. The van der Waals surface area contributed by atoms with Crippen molar-refractivity contribution in [3.63, 3.8) is 0 Å². The molecule has 0 saturated heterocycles. The molecule has 5 heteroatoms. The SMILES string of the molecule is N#CNC(=O)c1ccncc1O. The van der Waals surface area contributed by atoms with Crippen molar-refractivity contribution < 1.29 is 9.90 Å². The molecule has 0 aliphatic rings. The average Bonchev–Trinajstić information content (AvgIpc) is 2.05. The minimum atomic E-state index is -0.641. The smallest absolute Gasteiger partial charge is 0.268 e. The first-order valence-electron chi connectivity index (χ1n) is 3.08. The summed E-state index contributed by atoms with van der Waals surface area (Å²) in [6.45, 7) is 0. The Morgan fingerprint density at radius 3 is 3.08 bits per heavy atom. The first-order chi connectivity index (χ1) is 5.75. The van der Waals surface area contributed by atoms with Gasteiger partial charge in [0.2, 0.25) is 0 Å². The monoisotopic (exact) mass is 163 g/mol. The summed E-state index contributed by atoms with van der Waals surface area (Å²) in [6, 6.07) is 1.32. The second kappa shape index (κ2) is 3.34. The molecule has 1 aromatic heterocycles. The van der Waals surface area contributed by atoms with E-state index in [0.717, 1.165) is 6.20 Å². The summed E-state index contributed by atoms with van der Waals surface area (Å²) < 4.78 is 0. The molecule has 2 N–H and O–H groups in total. The number of hydrogen-bond donors (Lipinski definition) is 2. The zero-order valence-corrected chi connectivity index (χ0v) is 5.98. The number of hydrogen-bond acceptors (Lipinski definition) is 4. The molecule has 0 saturated carbocycles. The van der Waals surface area contributed by atoms with E-state index in [-0.39, 0.29) is 11.3 Å². The second-order valence-electron chi connectivity index (χ2n) is 1.96. The van der Waals surface area contributed by atoms with E-state index in [0.29, 0.717) is 0 Å². The molecule has 0 aliphatic heterocycles. The molecule has 1 amide bonds. The number of carbonyl (C=O) groups excluding carboxylic acids is 1. The predicted octanol–water partition coefficient (Wildman–Crippen LogP) is -0.00192. The van der Waals surface area contributed by atoms with Gasteiger partial charge in [0, 0.05) is 6.20 Å². The molecule has 0 atom stereocenters. The van der Waals surface area contributed by atoms with Crippen molar-refractivity contribution in [3.8, 4) is 11.9 Å². The Hall–Kier alpha value is -2.09. The standard InChI is InChI=1S/C7H5N3O2/c8-4-10-7(12)5-1-2-9-3-6(5)11/h1-3,11H,(H,10,12). The van der Waals surface area contributed by atoms with Gasteiger partial charge in [-0.3, -0.25) is 15.1 Å². The molecular formula is C7H5N3O2. The Balaban J connectivity index is 2.97. The summed E-state index contributed by atoms with van der Waals surface area (Å²) in [5, 5.41) is 19.1. The van der Waals surface area contributed by atoms with E-state index in [4.69, 9.17) is 10.4 Å². The highest BCUT2D eigenvalue weighted by Crippen LogP contribution is 2.12. The number of aromatic hydroxyl groups is 1. The lowest BCUT2D eigenvalue weighted by molar-refractivity contribution is 0.0970. The van der Waals surface area contributed by atoms with Crippen LogP contribution in [-0.4, -0.2) is 16.0 Å². The molecule has 1 heterocycles. The lowest BCUT2D eigenvalue weighted by atomic mass is 10.2. The summed E-state index contributed by atoms with van der Waals surface area (Å²) in [7, 11) is 0. The molecule has 5 nitrogen and oxygen atoms in total. The third kappa shape index (κ3) is 1.49. The van der Waals surface area contributed by atoms with Crippen molar-refractivity contribution in [2.75, 3.05) is 0 Å². The van der Waals surface area contributed by atoms with Crippen molar-refractivity contribution in [2.45, 2.75) is 0 Å². The number of nitriles is 1. The van der Waals surface area contributed by atoms with Gasteiger partial charge in [0.15, 0.2) is 6.19 Å². The fourth-order valence-electron chi connectivity index (χ4n) is 0.696. The van der Waals surface area contributed by atoms with E-state index >= 15 is 0 Å². The first-order valence-corrected chi connectivity index (χ1v) is 3.08. The number of carbonyl (C=O) groups is 1. The fourth-order valence-corrected chi connectivity index (χ4v) is 0.696. The van der Waals surface area contributed by atoms with Crippen LogP contribution in [0.2, 0.25) is 0 Å². The molecule has 0 bridgehead atoms. The Kier molecular flexibility index (Phi) is 2.23. The molecule has 1 rings (SSSR count). The van der Waals surface area contributed by atoms with Crippen LogP contribution in [0, 0.1) is 11.5 Å². The highest BCUT2D eigenvalue weighted by Gasteiger charge is 2.08. The Morgan fingerprint density at radius 1 is 1.75 bits per heavy atom. The predicted molar refractivity (Wildman–Crippen MR) is 39.0 cm³/mol. The van der Waals surface area contributed by atoms with Gasteiger partial charge in [-0.15, -0.1) is 0 Å². The van der Waals surface area contributed by atoms with Crippen LogP contribution in [0.1, 0.15) is 10.4 Å². The maximum absolute atomic E-state index is 10.9. The molecule has 0 aliphatic carbocycles. The van der Waals surface area contributed by atoms with Crippen molar-refractivity contribution in [3.05, 3.63) is 24.0 Å². The van der Waals surface area contributed by atoms with Crippen LogP contribution in [-0.2, 0) is 0 Å². The Morgan fingerprint density at radius 2 is 2.50 bits per heavy atom. The van der Waals surface area contributed by atoms with Crippen molar-refractivity contribution >= 4 is 5.91 Å². The average molecular weight is 163 g/mol. The number of rotatable bonds is 1. The zero-order chi connectivity index (χ0) is 8.97. The normalized spacial score (nSPS) is 8.58. The van der Waals surface area contributed by atoms with E-state index < -0.39 is 5.91 Å². The summed E-state index contributed by atoms with van der Waals surface area (Å²) in [5.74, 6) is -0.886. The van der Waals surface area contributed by atoms with Gasteiger partial charge in [-0.2, -0.15) is 5.26 Å². The highest BCUT2D eigenvalue weighted by molar-refractivity contribution is 5.97. The molecule has 60 valence electrons. The topological polar surface area (TPSA) is 86.0 Å². The van der Waals surface area contributed by atoms with Crippen molar-refractivity contribution in [1.29, 1.82) is 5.26 Å².